The van der Waals surface area contributed by atoms with Crippen LogP contribution in [0.25, 0.3) is 0 Å². The van der Waals surface area contributed by atoms with Gasteiger partial charge in [0.15, 0.2) is 0 Å². The zero-order chi connectivity index (χ0) is 17.0. The van der Waals surface area contributed by atoms with Crippen LogP contribution in [0.4, 0.5) is 4.39 Å². The number of benzene rings is 1. The number of hydrogen-bond donors (Lipinski definition) is 2. The Kier molecular flexibility index (Phi) is 6.16. The summed E-state index contributed by atoms with van der Waals surface area (Å²) in [7, 11) is 0. The van der Waals surface area contributed by atoms with Crippen molar-refractivity contribution in [2.45, 2.75) is 40.0 Å². The summed E-state index contributed by atoms with van der Waals surface area (Å²) < 4.78 is 14.7. The number of nitrogens with zero attached hydrogens (tertiary/aromatic N) is 2. The van der Waals surface area contributed by atoms with Gasteiger partial charge in [-0.15, -0.1) is 0 Å². The molecule has 1 aromatic heterocycles. The second kappa shape index (κ2) is 7.90. The van der Waals surface area contributed by atoms with E-state index in [2.05, 4.69) is 10.4 Å². The molecule has 1 atom stereocenters. The first-order valence-corrected chi connectivity index (χ1v) is 8.11. The highest BCUT2D eigenvalue weighted by molar-refractivity contribution is 6.30. The molecule has 1 heterocycles. The maximum Gasteiger partial charge on any atom is 0.132 e. The van der Waals surface area contributed by atoms with Gasteiger partial charge in [0.2, 0.25) is 0 Å². The monoisotopic (exact) mass is 339 g/mol. The van der Waals surface area contributed by atoms with Crippen LogP contribution in [0.5, 0.6) is 0 Å². The lowest BCUT2D eigenvalue weighted by Crippen LogP contribution is -2.30. The van der Waals surface area contributed by atoms with E-state index >= 15 is 0 Å². The molecule has 0 saturated carbocycles. The predicted molar refractivity (Wildman–Crippen MR) is 90.0 cm³/mol. The van der Waals surface area contributed by atoms with E-state index in [1.54, 1.807) is 16.8 Å². The summed E-state index contributed by atoms with van der Waals surface area (Å²) in [5.41, 5.74) is 2.71. The molecule has 0 radical (unpaired) electrons. The van der Waals surface area contributed by atoms with Gasteiger partial charge in [0, 0.05) is 18.7 Å². The normalized spacial score (nSPS) is 12.8. The fourth-order valence-electron chi connectivity index (χ4n) is 2.24. The molecule has 0 aliphatic carbocycles. The smallest absolute Gasteiger partial charge is 0.132 e. The second-order valence-corrected chi connectivity index (χ2v) is 6.44. The van der Waals surface area contributed by atoms with Crippen molar-refractivity contribution < 1.29 is 9.50 Å². The van der Waals surface area contributed by atoms with Gasteiger partial charge in [-0.05, 0) is 30.5 Å². The number of hydrogen-bond acceptors (Lipinski definition) is 3. The minimum atomic E-state index is -0.386. The average Bonchev–Trinajstić information content (AvgIpc) is 2.76. The topological polar surface area (TPSA) is 50.1 Å². The van der Waals surface area contributed by atoms with Gasteiger partial charge >= 0.3 is 0 Å². The first-order chi connectivity index (χ1) is 10.9. The molecule has 1 unspecified atom stereocenters. The summed E-state index contributed by atoms with van der Waals surface area (Å²) in [6, 6.07) is 6.30. The Morgan fingerprint density at radius 1 is 1.30 bits per heavy atom. The summed E-state index contributed by atoms with van der Waals surface area (Å²) in [6.45, 7) is 7.42. The molecule has 6 heteroatoms. The van der Waals surface area contributed by atoms with Gasteiger partial charge in [-0.1, -0.05) is 37.6 Å². The molecule has 0 bridgehead atoms. The van der Waals surface area contributed by atoms with Gasteiger partial charge in [-0.2, -0.15) is 5.10 Å². The molecule has 0 aliphatic heterocycles. The highest BCUT2D eigenvalue weighted by Gasteiger charge is 2.15. The van der Waals surface area contributed by atoms with Crippen molar-refractivity contribution in [3.8, 4) is 0 Å². The van der Waals surface area contributed by atoms with Crippen LogP contribution in [0.15, 0.2) is 24.3 Å². The van der Waals surface area contributed by atoms with E-state index in [1.165, 1.54) is 12.1 Å². The lowest BCUT2D eigenvalue weighted by atomic mass is 10.1. The van der Waals surface area contributed by atoms with Crippen molar-refractivity contribution in [1.29, 1.82) is 0 Å². The van der Waals surface area contributed by atoms with Crippen LogP contribution in [-0.4, -0.2) is 27.5 Å². The molecule has 1 aromatic carbocycles. The summed E-state index contributed by atoms with van der Waals surface area (Å²) in [5.74, 6) is -0.0506. The quantitative estimate of drug-likeness (QED) is 0.814. The minimum Gasteiger partial charge on any atom is -0.392 e. The third-order valence-corrected chi connectivity index (χ3v) is 4.28. The average molecular weight is 340 g/mol. The summed E-state index contributed by atoms with van der Waals surface area (Å²) >= 11 is 6.41. The number of aliphatic hydroxyl groups is 1. The Morgan fingerprint density at radius 3 is 2.57 bits per heavy atom. The molecule has 0 aliphatic rings. The Hall–Kier alpha value is -1.43. The standard InChI is InChI=1S/C17H23ClFN3O/c1-11(2)16(23)9-20-8-15-12(3)21-22(17(15)18)10-13-4-6-14(19)7-5-13/h4-7,11,16,20,23H,8-10H2,1-3H3. The van der Waals surface area contributed by atoms with Crippen molar-refractivity contribution in [3.05, 3.63) is 52.1 Å². The van der Waals surface area contributed by atoms with E-state index in [4.69, 9.17) is 11.6 Å². The van der Waals surface area contributed by atoms with E-state index in [1.807, 2.05) is 20.8 Å². The minimum absolute atomic E-state index is 0.209. The largest absolute Gasteiger partial charge is 0.392 e. The van der Waals surface area contributed by atoms with Crippen LogP contribution in [0.3, 0.4) is 0 Å². The van der Waals surface area contributed by atoms with Crippen molar-refractivity contribution in [2.75, 3.05) is 6.54 Å². The first kappa shape index (κ1) is 17.9. The third-order valence-electron chi connectivity index (χ3n) is 3.85. The van der Waals surface area contributed by atoms with Crippen molar-refractivity contribution in [2.24, 2.45) is 5.92 Å². The second-order valence-electron chi connectivity index (χ2n) is 6.08. The Labute approximate surface area is 141 Å². The number of nitrogens with one attached hydrogen (secondary N) is 1. The molecular weight excluding hydrogens is 317 g/mol. The fraction of sp³-hybridized carbons (Fsp3) is 0.471. The molecule has 2 rings (SSSR count). The molecule has 126 valence electrons. The summed E-state index contributed by atoms with van der Waals surface area (Å²) in [5, 5.41) is 18.0. The van der Waals surface area contributed by atoms with Crippen molar-refractivity contribution in [1.82, 2.24) is 15.1 Å². The maximum absolute atomic E-state index is 13.0. The van der Waals surface area contributed by atoms with Gasteiger partial charge in [-0.3, -0.25) is 0 Å². The van der Waals surface area contributed by atoms with E-state index in [9.17, 15) is 9.50 Å². The van der Waals surface area contributed by atoms with Crippen LogP contribution in [0.1, 0.15) is 30.7 Å². The number of aliphatic hydroxyl groups excluding tert-OH is 1. The summed E-state index contributed by atoms with van der Waals surface area (Å²) in [6.07, 6.45) is -0.386. The molecule has 0 spiro atoms. The Bertz CT molecular complexity index is 640. The number of halogens is 2. The van der Waals surface area contributed by atoms with Gasteiger partial charge in [-0.25, -0.2) is 9.07 Å². The lowest BCUT2D eigenvalue weighted by Gasteiger charge is -2.15. The van der Waals surface area contributed by atoms with Crippen molar-refractivity contribution in [3.63, 3.8) is 0 Å². The first-order valence-electron chi connectivity index (χ1n) is 7.73. The number of rotatable bonds is 7. The molecule has 0 saturated heterocycles. The van der Waals surface area contributed by atoms with Gasteiger partial charge in [0.05, 0.1) is 18.3 Å². The third kappa shape index (κ3) is 4.77. The van der Waals surface area contributed by atoms with Gasteiger partial charge in [0.25, 0.3) is 0 Å². The molecule has 0 amide bonds. The Balaban J connectivity index is 2.02. The van der Waals surface area contributed by atoms with E-state index in [0.29, 0.717) is 24.8 Å². The molecule has 2 N–H and O–H groups in total. The van der Waals surface area contributed by atoms with Crippen LogP contribution in [0, 0.1) is 18.7 Å². The van der Waals surface area contributed by atoms with Gasteiger partial charge in [0.1, 0.15) is 11.0 Å². The number of aromatic nitrogens is 2. The van der Waals surface area contributed by atoms with Crippen LogP contribution >= 0.6 is 11.6 Å². The fourth-order valence-corrected chi connectivity index (χ4v) is 2.54. The predicted octanol–water partition coefficient (Wildman–Crippen LogP) is 3.14. The molecular formula is C17H23ClFN3O. The molecule has 4 nitrogen and oxygen atoms in total. The highest BCUT2D eigenvalue weighted by atomic mass is 35.5. The highest BCUT2D eigenvalue weighted by Crippen LogP contribution is 2.21. The lowest BCUT2D eigenvalue weighted by molar-refractivity contribution is 0.123. The maximum atomic E-state index is 13.0. The van der Waals surface area contributed by atoms with Crippen molar-refractivity contribution >= 4 is 11.6 Å². The molecule has 0 fully saturated rings. The van der Waals surface area contributed by atoms with Gasteiger partial charge < -0.3 is 10.4 Å². The summed E-state index contributed by atoms with van der Waals surface area (Å²) in [4.78, 5) is 0. The van der Waals surface area contributed by atoms with E-state index in [-0.39, 0.29) is 17.8 Å². The SMILES string of the molecule is Cc1nn(Cc2ccc(F)cc2)c(Cl)c1CNCC(O)C(C)C. The number of aryl methyl sites for hydroxylation is 1. The zero-order valence-electron chi connectivity index (χ0n) is 13.7. The zero-order valence-corrected chi connectivity index (χ0v) is 14.4. The molecule has 2 aromatic rings. The van der Waals surface area contributed by atoms with E-state index in [0.717, 1.165) is 16.8 Å². The Morgan fingerprint density at radius 2 is 1.96 bits per heavy atom. The van der Waals surface area contributed by atoms with Crippen LogP contribution in [-0.2, 0) is 13.1 Å². The van der Waals surface area contributed by atoms with Crippen LogP contribution in [0.2, 0.25) is 5.15 Å². The molecule has 23 heavy (non-hydrogen) atoms. The van der Waals surface area contributed by atoms with Crippen LogP contribution < -0.4 is 5.32 Å². The van der Waals surface area contributed by atoms with E-state index < -0.39 is 0 Å².